The SMILES string of the molecule is COc1cc(OC)c(/C(O)=C2\C(=O)C(=O)N(c3ccc(C)cc3)C2c2ccccc2C)cc1Cl. The first-order valence-electron chi connectivity index (χ1n) is 10.6. The lowest BCUT2D eigenvalue weighted by atomic mass is 9.92. The molecule has 1 saturated heterocycles. The van der Waals surface area contributed by atoms with Crippen molar-refractivity contribution in [3.05, 3.63) is 93.5 Å². The van der Waals surface area contributed by atoms with Gasteiger partial charge in [0.1, 0.15) is 17.3 Å². The Bertz CT molecular complexity index is 1310. The summed E-state index contributed by atoms with van der Waals surface area (Å²) >= 11 is 6.32. The number of ether oxygens (including phenoxy) is 2. The molecule has 0 bridgehead atoms. The van der Waals surface area contributed by atoms with Crippen LogP contribution in [0.4, 0.5) is 5.69 Å². The van der Waals surface area contributed by atoms with Crippen LogP contribution < -0.4 is 14.4 Å². The minimum Gasteiger partial charge on any atom is -0.507 e. The first-order valence-corrected chi connectivity index (χ1v) is 11.0. The lowest BCUT2D eigenvalue weighted by Gasteiger charge is -2.27. The molecule has 1 unspecified atom stereocenters. The molecule has 3 aromatic rings. The van der Waals surface area contributed by atoms with E-state index in [9.17, 15) is 14.7 Å². The third-order valence-electron chi connectivity index (χ3n) is 5.97. The maximum Gasteiger partial charge on any atom is 0.300 e. The van der Waals surface area contributed by atoms with Crippen molar-refractivity contribution < 1.29 is 24.2 Å². The van der Waals surface area contributed by atoms with Gasteiger partial charge in [-0.15, -0.1) is 0 Å². The fraction of sp³-hybridized carbons (Fsp3) is 0.185. The summed E-state index contributed by atoms with van der Waals surface area (Å²) in [6, 6.07) is 16.9. The number of amides is 1. The van der Waals surface area contributed by atoms with Gasteiger partial charge >= 0.3 is 0 Å². The quantitative estimate of drug-likeness (QED) is 0.294. The average molecular weight is 478 g/mol. The predicted octanol–water partition coefficient (Wildman–Crippen LogP) is 5.60. The molecule has 0 saturated carbocycles. The van der Waals surface area contributed by atoms with E-state index in [-0.39, 0.29) is 27.7 Å². The van der Waals surface area contributed by atoms with Gasteiger partial charge in [-0.3, -0.25) is 14.5 Å². The Kier molecular flexibility index (Phi) is 6.35. The predicted molar refractivity (Wildman–Crippen MR) is 132 cm³/mol. The van der Waals surface area contributed by atoms with Crippen LogP contribution >= 0.6 is 11.6 Å². The number of ketones is 1. The van der Waals surface area contributed by atoms with Gasteiger partial charge in [0.25, 0.3) is 11.7 Å². The summed E-state index contributed by atoms with van der Waals surface area (Å²) < 4.78 is 10.7. The highest BCUT2D eigenvalue weighted by molar-refractivity contribution is 6.51. The second-order valence-electron chi connectivity index (χ2n) is 8.05. The highest BCUT2D eigenvalue weighted by atomic mass is 35.5. The number of hydrogen-bond acceptors (Lipinski definition) is 5. The number of methoxy groups -OCH3 is 2. The smallest absolute Gasteiger partial charge is 0.300 e. The minimum absolute atomic E-state index is 0.0422. The van der Waals surface area contributed by atoms with Crippen molar-refractivity contribution in [3.63, 3.8) is 0 Å². The van der Waals surface area contributed by atoms with Gasteiger partial charge in [0.15, 0.2) is 0 Å². The van der Waals surface area contributed by atoms with Gasteiger partial charge in [-0.25, -0.2) is 0 Å². The summed E-state index contributed by atoms with van der Waals surface area (Å²) in [7, 11) is 2.90. The topological polar surface area (TPSA) is 76.1 Å². The van der Waals surface area contributed by atoms with Gasteiger partial charge in [0, 0.05) is 11.8 Å². The number of rotatable bonds is 5. The lowest BCUT2D eigenvalue weighted by molar-refractivity contribution is -0.132. The molecule has 1 heterocycles. The third-order valence-corrected chi connectivity index (χ3v) is 6.26. The highest BCUT2D eigenvalue weighted by Crippen LogP contribution is 2.45. The number of aliphatic hydroxyl groups excluding tert-OH is 1. The molecule has 0 spiro atoms. The summed E-state index contributed by atoms with van der Waals surface area (Å²) in [5.74, 6) is -1.28. The van der Waals surface area contributed by atoms with Gasteiger partial charge in [0.2, 0.25) is 0 Å². The van der Waals surface area contributed by atoms with Crippen molar-refractivity contribution in [1.82, 2.24) is 0 Å². The van der Waals surface area contributed by atoms with Crippen LogP contribution in [-0.2, 0) is 9.59 Å². The molecule has 1 aliphatic rings. The van der Waals surface area contributed by atoms with Gasteiger partial charge in [-0.05, 0) is 43.2 Å². The summed E-state index contributed by atoms with van der Waals surface area (Å²) in [5, 5.41) is 11.7. The molecule has 34 heavy (non-hydrogen) atoms. The standard InChI is InChI=1S/C27H24ClNO5/c1-15-9-11-17(12-10-15)29-24(18-8-6-5-7-16(18)2)23(26(31)27(29)32)25(30)19-13-20(28)22(34-4)14-21(19)33-3/h5-14,24,30H,1-4H3/b25-23+. The zero-order chi connectivity index (χ0) is 24.6. The Morgan fingerprint density at radius 1 is 0.941 bits per heavy atom. The molecular formula is C27H24ClNO5. The number of hydrogen-bond donors (Lipinski definition) is 1. The number of nitrogens with zero attached hydrogens (tertiary/aromatic N) is 1. The molecule has 0 aromatic heterocycles. The number of aliphatic hydroxyl groups is 1. The van der Waals surface area contributed by atoms with Crippen LogP contribution in [0, 0.1) is 13.8 Å². The molecule has 1 N–H and O–H groups in total. The first kappa shape index (κ1) is 23.4. The van der Waals surface area contributed by atoms with Crippen LogP contribution in [0.1, 0.15) is 28.3 Å². The second kappa shape index (κ2) is 9.23. The van der Waals surface area contributed by atoms with Gasteiger partial charge in [-0.2, -0.15) is 0 Å². The van der Waals surface area contributed by atoms with Crippen molar-refractivity contribution in [2.75, 3.05) is 19.1 Å². The molecule has 0 aliphatic carbocycles. The maximum absolute atomic E-state index is 13.4. The van der Waals surface area contributed by atoms with Gasteiger partial charge in [-0.1, -0.05) is 53.6 Å². The van der Waals surface area contributed by atoms with Crippen molar-refractivity contribution in [2.45, 2.75) is 19.9 Å². The Morgan fingerprint density at radius 2 is 1.59 bits per heavy atom. The fourth-order valence-corrected chi connectivity index (χ4v) is 4.42. The number of aryl methyl sites for hydroxylation is 2. The maximum atomic E-state index is 13.4. The van der Waals surface area contributed by atoms with Crippen molar-refractivity contribution in [3.8, 4) is 11.5 Å². The van der Waals surface area contributed by atoms with Crippen LogP contribution in [-0.4, -0.2) is 31.0 Å². The molecule has 174 valence electrons. The number of anilines is 1. The second-order valence-corrected chi connectivity index (χ2v) is 8.46. The number of carbonyl (C=O) groups excluding carboxylic acids is 2. The number of carbonyl (C=O) groups is 2. The zero-order valence-electron chi connectivity index (χ0n) is 19.3. The Labute approximate surface area is 203 Å². The van der Waals surface area contributed by atoms with Crippen LogP contribution in [0.15, 0.2) is 66.2 Å². The fourth-order valence-electron chi connectivity index (χ4n) is 4.18. The van der Waals surface area contributed by atoms with Gasteiger partial charge < -0.3 is 14.6 Å². The number of Topliss-reactive ketones (excluding diaryl/α,β-unsaturated/α-hetero) is 1. The molecule has 4 rings (SSSR count). The molecular weight excluding hydrogens is 454 g/mol. The number of benzene rings is 3. The van der Waals surface area contributed by atoms with Crippen LogP contribution in [0.5, 0.6) is 11.5 Å². The molecule has 1 fully saturated rings. The van der Waals surface area contributed by atoms with E-state index in [1.165, 1.54) is 31.3 Å². The molecule has 7 heteroatoms. The van der Waals surface area contributed by atoms with E-state index >= 15 is 0 Å². The zero-order valence-corrected chi connectivity index (χ0v) is 20.0. The van der Waals surface area contributed by atoms with Crippen molar-refractivity contribution in [2.24, 2.45) is 0 Å². The Morgan fingerprint density at radius 3 is 2.21 bits per heavy atom. The van der Waals surface area contributed by atoms with Crippen LogP contribution in [0.2, 0.25) is 5.02 Å². The normalized spacial score (nSPS) is 17.2. The summed E-state index contributed by atoms with van der Waals surface area (Å²) in [4.78, 5) is 28.1. The highest BCUT2D eigenvalue weighted by Gasteiger charge is 2.47. The molecule has 6 nitrogen and oxygen atoms in total. The van der Waals surface area contributed by atoms with E-state index in [0.29, 0.717) is 11.4 Å². The number of halogens is 1. The molecule has 1 aliphatic heterocycles. The molecule has 3 aromatic carbocycles. The van der Waals surface area contributed by atoms with Crippen molar-refractivity contribution in [1.29, 1.82) is 0 Å². The van der Waals surface area contributed by atoms with E-state index in [4.69, 9.17) is 21.1 Å². The van der Waals surface area contributed by atoms with E-state index < -0.39 is 17.7 Å². The van der Waals surface area contributed by atoms with Crippen LogP contribution in [0.3, 0.4) is 0 Å². The molecule has 1 amide bonds. The van der Waals surface area contributed by atoms with Crippen molar-refractivity contribution >= 4 is 34.7 Å². The van der Waals surface area contributed by atoms with E-state index in [0.717, 1.165) is 16.7 Å². The minimum atomic E-state index is -0.838. The van der Waals surface area contributed by atoms with E-state index in [2.05, 4.69) is 0 Å². The Balaban J connectivity index is 2.00. The largest absolute Gasteiger partial charge is 0.507 e. The van der Waals surface area contributed by atoms with Crippen LogP contribution in [0.25, 0.3) is 5.76 Å². The summed E-state index contributed by atoms with van der Waals surface area (Å²) in [5.41, 5.74) is 3.32. The van der Waals surface area contributed by atoms with Gasteiger partial charge in [0.05, 0.1) is 36.4 Å². The first-order chi connectivity index (χ1) is 16.3. The molecule has 0 radical (unpaired) electrons. The summed E-state index contributed by atoms with van der Waals surface area (Å²) in [6.07, 6.45) is 0. The Hall–Kier alpha value is -3.77. The van der Waals surface area contributed by atoms with E-state index in [1.54, 1.807) is 12.1 Å². The monoisotopic (exact) mass is 477 g/mol. The lowest BCUT2D eigenvalue weighted by Crippen LogP contribution is -2.29. The van der Waals surface area contributed by atoms with E-state index in [1.807, 2.05) is 50.2 Å². The average Bonchev–Trinajstić information content (AvgIpc) is 3.09. The molecule has 1 atom stereocenters. The summed E-state index contributed by atoms with van der Waals surface area (Å²) in [6.45, 7) is 3.84. The third kappa shape index (κ3) is 3.90.